The average molecular weight is 333 g/mol. The van der Waals surface area contributed by atoms with Gasteiger partial charge in [-0.1, -0.05) is 12.1 Å². The van der Waals surface area contributed by atoms with E-state index in [2.05, 4.69) is 10.3 Å². The third kappa shape index (κ3) is 5.83. The first-order chi connectivity index (χ1) is 11.5. The van der Waals surface area contributed by atoms with Crippen LogP contribution in [0.25, 0.3) is 0 Å². The fourth-order valence-corrected chi connectivity index (χ4v) is 2.46. The van der Waals surface area contributed by atoms with Crippen molar-refractivity contribution < 1.29 is 19.1 Å². The molecule has 1 aromatic carbocycles. The molecule has 0 aliphatic heterocycles. The molecule has 0 aliphatic carbocycles. The van der Waals surface area contributed by atoms with E-state index in [1.165, 1.54) is 24.3 Å². The van der Waals surface area contributed by atoms with Gasteiger partial charge in [0.2, 0.25) is 5.91 Å². The summed E-state index contributed by atoms with van der Waals surface area (Å²) in [6.07, 6.45) is 5.88. The highest BCUT2D eigenvalue weighted by molar-refractivity contribution is 5.78. The Hall–Kier alpha value is -2.70. The van der Waals surface area contributed by atoms with Crippen LogP contribution in [-0.4, -0.2) is 33.1 Å². The largest absolute Gasteiger partial charge is 0.481 e. The number of benzene rings is 1. The van der Waals surface area contributed by atoms with Crippen LogP contribution in [0.3, 0.4) is 0 Å². The summed E-state index contributed by atoms with van der Waals surface area (Å²) in [5.41, 5.74) is 0.646. The van der Waals surface area contributed by atoms with Crippen LogP contribution in [0.5, 0.6) is 0 Å². The molecule has 2 N–H and O–H groups in total. The third-order valence-corrected chi connectivity index (χ3v) is 3.67. The molecule has 0 bridgehead atoms. The minimum atomic E-state index is -0.989. The lowest BCUT2D eigenvalue weighted by Crippen LogP contribution is -2.27. The molecule has 0 aliphatic rings. The van der Waals surface area contributed by atoms with E-state index in [4.69, 9.17) is 5.11 Å². The van der Waals surface area contributed by atoms with Gasteiger partial charge in [0.1, 0.15) is 5.82 Å². The molecule has 0 radical (unpaired) electrons. The number of aromatic nitrogens is 2. The second-order valence-corrected chi connectivity index (χ2v) is 5.55. The first kappa shape index (κ1) is 17.7. The number of carboxylic acid groups (broad SMARTS) is 1. The minimum absolute atomic E-state index is 0.0585. The normalized spacial score (nSPS) is 11.9. The average Bonchev–Trinajstić information content (AvgIpc) is 3.04. The zero-order chi connectivity index (χ0) is 17.4. The molecule has 0 fully saturated rings. The van der Waals surface area contributed by atoms with Gasteiger partial charge in [0.05, 0.1) is 12.7 Å². The van der Waals surface area contributed by atoms with Crippen molar-refractivity contribution in [3.8, 4) is 0 Å². The van der Waals surface area contributed by atoms with Crippen molar-refractivity contribution in [2.24, 2.45) is 0 Å². The SMILES string of the molecule is O=C(O)CC(CC(=O)NCCCn1ccnc1)c1ccc(F)cc1. The maximum Gasteiger partial charge on any atom is 0.303 e. The smallest absolute Gasteiger partial charge is 0.303 e. The van der Waals surface area contributed by atoms with Gasteiger partial charge in [0, 0.05) is 37.8 Å². The van der Waals surface area contributed by atoms with Crippen molar-refractivity contribution in [2.45, 2.75) is 31.7 Å². The molecule has 128 valence electrons. The van der Waals surface area contributed by atoms with Crippen LogP contribution in [0.2, 0.25) is 0 Å². The van der Waals surface area contributed by atoms with Crippen LogP contribution in [0.15, 0.2) is 43.0 Å². The second kappa shape index (κ2) is 8.81. The molecule has 6 nitrogen and oxygen atoms in total. The summed E-state index contributed by atoms with van der Waals surface area (Å²) in [6.45, 7) is 1.25. The van der Waals surface area contributed by atoms with Gasteiger partial charge >= 0.3 is 5.97 Å². The lowest BCUT2D eigenvalue weighted by molar-refractivity contribution is -0.137. The van der Waals surface area contributed by atoms with Crippen LogP contribution < -0.4 is 5.32 Å². The van der Waals surface area contributed by atoms with Crippen LogP contribution in [0, 0.1) is 5.82 Å². The van der Waals surface area contributed by atoms with Gasteiger partial charge in [0.25, 0.3) is 0 Å². The molecule has 2 rings (SSSR count). The van der Waals surface area contributed by atoms with Crippen LogP contribution >= 0.6 is 0 Å². The Labute approximate surface area is 139 Å². The summed E-state index contributed by atoms with van der Waals surface area (Å²) in [5, 5.41) is 11.8. The number of carbonyl (C=O) groups is 2. The predicted octanol–water partition coefficient (Wildman–Crippen LogP) is 2.18. The molecule has 1 atom stereocenters. The zero-order valence-electron chi connectivity index (χ0n) is 13.2. The number of carboxylic acids is 1. The number of amides is 1. The maximum absolute atomic E-state index is 13.0. The van der Waals surface area contributed by atoms with Crippen LogP contribution in [0.4, 0.5) is 4.39 Å². The number of nitrogens with zero attached hydrogens (tertiary/aromatic N) is 2. The number of halogens is 1. The summed E-state index contributed by atoms with van der Waals surface area (Å²) >= 11 is 0. The van der Waals surface area contributed by atoms with Crippen LogP contribution in [-0.2, 0) is 16.1 Å². The van der Waals surface area contributed by atoms with Crippen LogP contribution in [0.1, 0.15) is 30.7 Å². The first-order valence-corrected chi connectivity index (χ1v) is 7.74. The number of aliphatic carboxylic acids is 1. The Morgan fingerprint density at radius 3 is 2.62 bits per heavy atom. The van der Waals surface area contributed by atoms with Crippen molar-refractivity contribution >= 4 is 11.9 Å². The molecular formula is C17H20FN3O3. The molecule has 0 saturated heterocycles. The lowest BCUT2D eigenvalue weighted by atomic mass is 9.92. The second-order valence-electron chi connectivity index (χ2n) is 5.55. The molecular weight excluding hydrogens is 313 g/mol. The van der Waals surface area contributed by atoms with Gasteiger partial charge in [-0.2, -0.15) is 0 Å². The summed E-state index contributed by atoms with van der Waals surface area (Å²) < 4.78 is 14.9. The van der Waals surface area contributed by atoms with E-state index >= 15 is 0 Å². The van der Waals surface area contributed by atoms with Gasteiger partial charge in [0.15, 0.2) is 0 Å². The Balaban J connectivity index is 1.82. The fraction of sp³-hybridized carbons (Fsp3) is 0.353. The number of nitrogens with one attached hydrogen (secondary N) is 1. The number of hydrogen-bond donors (Lipinski definition) is 2. The quantitative estimate of drug-likeness (QED) is 0.689. The minimum Gasteiger partial charge on any atom is -0.481 e. The van der Waals surface area contributed by atoms with E-state index in [0.29, 0.717) is 12.1 Å². The number of hydrogen-bond acceptors (Lipinski definition) is 3. The van der Waals surface area contributed by atoms with E-state index in [9.17, 15) is 14.0 Å². The molecule has 1 amide bonds. The standard InChI is InChI=1S/C17H20FN3O3/c18-15-4-2-13(3-5-15)14(11-17(23)24)10-16(22)20-6-1-8-21-9-7-19-12-21/h2-5,7,9,12,14H,1,6,8,10-11H2,(H,20,22)(H,23,24). The van der Waals surface area contributed by atoms with E-state index in [1.807, 2.05) is 10.8 Å². The molecule has 7 heteroatoms. The van der Waals surface area contributed by atoms with Crippen molar-refractivity contribution in [2.75, 3.05) is 6.54 Å². The summed E-state index contributed by atoms with van der Waals surface area (Å²) in [5.74, 6) is -2.07. The van der Waals surface area contributed by atoms with Gasteiger partial charge in [-0.05, 0) is 24.1 Å². The Morgan fingerprint density at radius 1 is 1.25 bits per heavy atom. The van der Waals surface area contributed by atoms with Crippen molar-refractivity contribution in [1.82, 2.24) is 14.9 Å². The maximum atomic E-state index is 13.0. The summed E-state index contributed by atoms with van der Waals surface area (Å²) in [6, 6.07) is 5.59. The Bertz CT molecular complexity index is 656. The van der Waals surface area contributed by atoms with Gasteiger partial charge in [-0.15, -0.1) is 0 Å². The number of aryl methyl sites for hydroxylation is 1. The van der Waals surface area contributed by atoms with E-state index < -0.39 is 17.7 Å². The Kier molecular flexibility index (Phi) is 6.48. The third-order valence-electron chi connectivity index (χ3n) is 3.67. The molecule has 2 aromatic rings. The predicted molar refractivity (Wildman–Crippen MR) is 85.9 cm³/mol. The number of imidazole rings is 1. The lowest BCUT2D eigenvalue weighted by Gasteiger charge is -2.15. The van der Waals surface area contributed by atoms with Gasteiger partial charge in [-0.3, -0.25) is 9.59 Å². The van der Waals surface area contributed by atoms with E-state index in [-0.39, 0.29) is 18.7 Å². The van der Waals surface area contributed by atoms with Crippen molar-refractivity contribution in [3.05, 3.63) is 54.4 Å². The van der Waals surface area contributed by atoms with E-state index in [1.54, 1.807) is 12.5 Å². The summed E-state index contributed by atoms with van der Waals surface area (Å²) in [4.78, 5) is 27.0. The molecule has 1 unspecified atom stereocenters. The topological polar surface area (TPSA) is 84.2 Å². The molecule has 1 aromatic heterocycles. The summed E-state index contributed by atoms with van der Waals surface area (Å²) in [7, 11) is 0. The number of carbonyl (C=O) groups excluding carboxylic acids is 1. The highest BCUT2D eigenvalue weighted by atomic mass is 19.1. The Morgan fingerprint density at radius 2 is 2.00 bits per heavy atom. The monoisotopic (exact) mass is 333 g/mol. The highest BCUT2D eigenvalue weighted by Gasteiger charge is 2.19. The number of rotatable bonds is 9. The van der Waals surface area contributed by atoms with Gasteiger partial charge in [-0.25, -0.2) is 9.37 Å². The highest BCUT2D eigenvalue weighted by Crippen LogP contribution is 2.23. The first-order valence-electron chi connectivity index (χ1n) is 7.74. The molecule has 1 heterocycles. The van der Waals surface area contributed by atoms with Gasteiger partial charge < -0.3 is 15.0 Å². The zero-order valence-corrected chi connectivity index (χ0v) is 13.2. The fourth-order valence-electron chi connectivity index (χ4n) is 2.46. The van der Waals surface area contributed by atoms with Crippen molar-refractivity contribution in [1.29, 1.82) is 0 Å². The van der Waals surface area contributed by atoms with E-state index in [0.717, 1.165) is 13.0 Å². The molecule has 0 saturated carbocycles. The van der Waals surface area contributed by atoms with Crippen molar-refractivity contribution in [3.63, 3.8) is 0 Å². The molecule has 24 heavy (non-hydrogen) atoms. The molecule has 0 spiro atoms.